The Morgan fingerprint density at radius 3 is 2.56 bits per heavy atom. The summed E-state index contributed by atoms with van der Waals surface area (Å²) >= 11 is 5.62. The van der Waals surface area contributed by atoms with Gasteiger partial charge in [0.25, 0.3) is 5.91 Å². The number of amides is 1. The van der Waals surface area contributed by atoms with E-state index in [1.165, 1.54) is 12.4 Å². The third-order valence-corrected chi connectivity index (χ3v) is 2.29. The van der Waals surface area contributed by atoms with Crippen LogP contribution in [-0.4, -0.2) is 33.9 Å². The van der Waals surface area contributed by atoms with Crippen LogP contribution in [0.1, 0.15) is 31.3 Å². The average Bonchev–Trinajstić information content (AvgIpc) is 2.25. The molecular weight excluding hydrogens is 226 g/mol. The second kappa shape index (κ2) is 5.80. The molecule has 5 heteroatoms. The van der Waals surface area contributed by atoms with Gasteiger partial charge in [-0.2, -0.15) is 0 Å². The summed E-state index contributed by atoms with van der Waals surface area (Å²) < 4.78 is 0. The summed E-state index contributed by atoms with van der Waals surface area (Å²) in [7, 11) is 0. The normalized spacial score (nSPS) is 10.6. The van der Waals surface area contributed by atoms with Crippen LogP contribution in [-0.2, 0) is 0 Å². The molecule has 0 fully saturated rings. The zero-order chi connectivity index (χ0) is 12.1. The summed E-state index contributed by atoms with van der Waals surface area (Å²) in [5.41, 5.74) is 0.340. The standard InChI is InChI=1S/C11H16ClN3O/c1-4-15(7-8(2)3)11(16)9-5-14-10(12)6-13-9/h5-6,8H,4,7H2,1-3H3. The zero-order valence-corrected chi connectivity index (χ0v) is 10.5. The molecule has 0 unspecified atom stereocenters. The first kappa shape index (κ1) is 12.9. The molecule has 0 spiro atoms. The van der Waals surface area contributed by atoms with Crippen LogP contribution in [0.2, 0.25) is 5.15 Å². The topological polar surface area (TPSA) is 46.1 Å². The summed E-state index contributed by atoms with van der Waals surface area (Å²) in [5.74, 6) is 0.338. The predicted octanol–water partition coefficient (Wildman–Crippen LogP) is 2.25. The van der Waals surface area contributed by atoms with Crippen LogP contribution in [0.3, 0.4) is 0 Å². The summed E-state index contributed by atoms with van der Waals surface area (Å²) in [4.78, 5) is 21.6. The van der Waals surface area contributed by atoms with Crippen LogP contribution in [0.15, 0.2) is 12.4 Å². The van der Waals surface area contributed by atoms with Gasteiger partial charge in [0.1, 0.15) is 10.8 Å². The molecule has 88 valence electrons. The van der Waals surface area contributed by atoms with E-state index in [0.717, 1.165) is 6.54 Å². The fourth-order valence-electron chi connectivity index (χ4n) is 1.38. The van der Waals surface area contributed by atoms with E-state index in [1.807, 2.05) is 6.92 Å². The Bertz CT molecular complexity index is 351. The van der Waals surface area contributed by atoms with E-state index in [4.69, 9.17) is 11.6 Å². The van der Waals surface area contributed by atoms with Gasteiger partial charge in [0.05, 0.1) is 12.4 Å². The first-order chi connectivity index (χ1) is 7.54. The molecule has 0 saturated heterocycles. The molecule has 0 atom stereocenters. The van der Waals surface area contributed by atoms with E-state index in [-0.39, 0.29) is 5.91 Å². The molecule has 1 amide bonds. The molecule has 16 heavy (non-hydrogen) atoms. The van der Waals surface area contributed by atoms with E-state index in [0.29, 0.717) is 23.3 Å². The highest BCUT2D eigenvalue weighted by molar-refractivity contribution is 6.29. The Kier molecular flexibility index (Phi) is 4.68. The largest absolute Gasteiger partial charge is 0.337 e. The number of carbonyl (C=O) groups is 1. The quantitative estimate of drug-likeness (QED) is 0.812. The third kappa shape index (κ3) is 3.45. The Balaban J connectivity index is 2.78. The Labute approximate surface area is 101 Å². The number of hydrogen-bond donors (Lipinski definition) is 0. The van der Waals surface area contributed by atoms with Crippen molar-refractivity contribution in [3.8, 4) is 0 Å². The van der Waals surface area contributed by atoms with Crippen LogP contribution >= 0.6 is 11.6 Å². The van der Waals surface area contributed by atoms with E-state index in [9.17, 15) is 4.79 Å². The summed E-state index contributed by atoms with van der Waals surface area (Å²) in [6, 6.07) is 0. The lowest BCUT2D eigenvalue weighted by Crippen LogP contribution is -2.34. The lowest BCUT2D eigenvalue weighted by Gasteiger charge is -2.22. The Hall–Kier alpha value is -1.16. The minimum atomic E-state index is -0.0969. The lowest BCUT2D eigenvalue weighted by molar-refractivity contribution is 0.0739. The molecule has 1 rings (SSSR count). The van der Waals surface area contributed by atoms with Crippen LogP contribution in [0.25, 0.3) is 0 Å². The fraction of sp³-hybridized carbons (Fsp3) is 0.545. The van der Waals surface area contributed by atoms with Crippen molar-refractivity contribution in [2.75, 3.05) is 13.1 Å². The van der Waals surface area contributed by atoms with E-state index in [2.05, 4.69) is 23.8 Å². The van der Waals surface area contributed by atoms with Gasteiger partial charge in [0.15, 0.2) is 0 Å². The van der Waals surface area contributed by atoms with Crippen molar-refractivity contribution < 1.29 is 4.79 Å². The highest BCUT2D eigenvalue weighted by Crippen LogP contribution is 2.06. The fourth-order valence-corrected chi connectivity index (χ4v) is 1.48. The molecule has 0 aliphatic carbocycles. The number of carbonyl (C=O) groups excluding carboxylic acids is 1. The molecule has 0 saturated carbocycles. The van der Waals surface area contributed by atoms with Gasteiger partial charge in [-0.1, -0.05) is 25.4 Å². The van der Waals surface area contributed by atoms with Gasteiger partial charge < -0.3 is 4.90 Å². The number of nitrogens with zero attached hydrogens (tertiary/aromatic N) is 3. The molecule has 1 aromatic heterocycles. The molecule has 4 nitrogen and oxygen atoms in total. The number of halogens is 1. The van der Waals surface area contributed by atoms with Gasteiger partial charge in [-0.15, -0.1) is 0 Å². The van der Waals surface area contributed by atoms with Gasteiger partial charge >= 0.3 is 0 Å². The molecule has 0 aliphatic rings. The highest BCUT2D eigenvalue weighted by atomic mass is 35.5. The molecular formula is C11H16ClN3O. The zero-order valence-electron chi connectivity index (χ0n) is 9.77. The van der Waals surface area contributed by atoms with Crippen molar-refractivity contribution in [2.45, 2.75) is 20.8 Å². The maximum atomic E-state index is 12.0. The van der Waals surface area contributed by atoms with Gasteiger partial charge in [0, 0.05) is 13.1 Å². The summed E-state index contributed by atoms with van der Waals surface area (Å²) in [6.07, 6.45) is 2.80. The molecule has 0 radical (unpaired) electrons. The van der Waals surface area contributed by atoms with Crippen molar-refractivity contribution in [2.24, 2.45) is 5.92 Å². The van der Waals surface area contributed by atoms with Crippen molar-refractivity contribution in [3.63, 3.8) is 0 Å². The molecule has 1 aromatic rings. The molecule has 0 aromatic carbocycles. The summed E-state index contributed by atoms with van der Waals surface area (Å²) in [5, 5.41) is 0.295. The van der Waals surface area contributed by atoms with E-state index < -0.39 is 0 Å². The maximum Gasteiger partial charge on any atom is 0.274 e. The monoisotopic (exact) mass is 241 g/mol. The number of aromatic nitrogens is 2. The van der Waals surface area contributed by atoms with Gasteiger partial charge in [-0.3, -0.25) is 4.79 Å². The SMILES string of the molecule is CCN(CC(C)C)C(=O)c1cnc(Cl)cn1. The van der Waals surface area contributed by atoms with Crippen LogP contribution in [0.5, 0.6) is 0 Å². The second-order valence-corrected chi connectivity index (χ2v) is 4.35. The smallest absolute Gasteiger partial charge is 0.274 e. The highest BCUT2D eigenvalue weighted by Gasteiger charge is 2.16. The van der Waals surface area contributed by atoms with Gasteiger partial charge in [-0.05, 0) is 12.8 Å². The Morgan fingerprint density at radius 2 is 2.12 bits per heavy atom. The number of hydrogen-bond acceptors (Lipinski definition) is 3. The van der Waals surface area contributed by atoms with Gasteiger partial charge in [-0.25, -0.2) is 9.97 Å². The minimum absolute atomic E-state index is 0.0969. The van der Waals surface area contributed by atoms with Crippen molar-refractivity contribution >= 4 is 17.5 Å². The third-order valence-electron chi connectivity index (χ3n) is 2.09. The maximum absolute atomic E-state index is 12.0. The molecule has 0 N–H and O–H groups in total. The second-order valence-electron chi connectivity index (χ2n) is 3.96. The number of rotatable bonds is 4. The minimum Gasteiger partial charge on any atom is -0.337 e. The van der Waals surface area contributed by atoms with Crippen molar-refractivity contribution in [3.05, 3.63) is 23.2 Å². The van der Waals surface area contributed by atoms with Crippen molar-refractivity contribution in [1.29, 1.82) is 0 Å². The predicted molar refractivity (Wildman–Crippen MR) is 63.5 cm³/mol. The average molecular weight is 242 g/mol. The Morgan fingerprint density at radius 1 is 1.44 bits per heavy atom. The van der Waals surface area contributed by atoms with Crippen LogP contribution in [0.4, 0.5) is 0 Å². The van der Waals surface area contributed by atoms with Crippen LogP contribution in [0, 0.1) is 5.92 Å². The van der Waals surface area contributed by atoms with Crippen LogP contribution < -0.4 is 0 Å². The molecule has 1 heterocycles. The first-order valence-corrected chi connectivity index (χ1v) is 5.69. The van der Waals surface area contributed by atoms with Crippen molar-refractivity contribution in [1.82, 2.24) is 14.9 Å². The lowest BCUT2D eigenvalue weighted by atomic mass is 10.2. The van der Waals surface area contributed by atoms with E-state index in [1.54, 1.807) is 4.90 Å². The first-order valence-electron chi connectivity index (χ1n) is 5.31. The van der Waals surface area contributed by atoms with E-state index >= 15 is 0 Å². The van der Waals surface area contributed by atoms with Gasteiger partial charge in [0.2, 0.25) is 0 Å². The molecule has 0 bridgehead atoms. The molecule has 0 aliphatic heterocycles. The summed E-state index contributed by atoms with van der Waals surface area (Å²) in [6.45, 7) is 7.48.